The van der Waals surface area contributed by atoms with E-state index in [0.717, 1.165) is 6.42 Å². The molecule has 0 aliphatic carbocycles. The molecule has 49 heavy (non-hydrogen) atoms. The third-order valence-electron chi connectivity index (χ3n) is 7.42. The Labute approximate surface area is 283 Å². The lowest BCUT2D eigenvalue weighted by molar-refractivity contribution is -0.168. The second-order valence-electron chi connectivity index (χ2n) is 11.8. The standard InChI is InChI=1S/C34H46F2N4O9/c1-4-5-17-48-28(43)16-15-25(37)31(45)40-29(21(2)3)32(46)39-26(18-22-11-13-24(14-12-22)49-20-27(41)42)30(44)34(35,36)33(47)38-19-23-9-7-6-8-10-23/h6-14,21,25-26,29-30,44H,4-5,15-20,37H2,1-3H3,(H,38,47)(H,39,46)(H,40,45)(H,41,42)/t25?,26-,29-,30?/m0/s1. The minimum Gasteiger partial charge on any atom is -0.482 e. The van der Waals surface area contributed by atoms with Gasteiger partial charge in [0.15, 0.2) is 6.61 Å². The van der Waals surface area contributed by atoms with Gasteiger partial charge in [-0.3, -0.25) is 19.2 Å². The van der Waals surface area contributed by atoms with Crippen molar-refractivity contribution in [2.75, 3.05) is 13.2 Å². The van der Waals surface area contributed by atoms with Gasteiger partial charge in [0.1, 0.15) is 17.9 Å². The van der Waals surface area contributed by atoms with Crippen molar-refractivity contribution in [1.82, 2.24) is 16.0 Å². The van der Waals surface area contributed by atoms with E-state index in [-0.39, 0.29) is 31.7 Å². The van der Waals surface area contributed by atoms with E-state index in [1.54, 1.807) is 44.2 Å². The SMILES string of the molecule is CCCCOC(=O)CCC(N)C(=O)N[C@H](C(=O)N[C@@H](Cc1ccc(OCC(=O)O)cc1)C(O)C(F)(F)C(=O)NCc1ccccc1)C(C)C. The van der Waals surface area contributed by atoms with Crippen LogP contribution in [0.15, 0.2) is 54.6 Å². The number of nitrogens with two attached hydrogens (primary N) is 1. The molecule has 270 valence electrons. The first-order valence-corrected chi connectivity index (χ1v) is 16.0. The number of halogens is 2. The number of amides is 3. The predicted octanol–water partition coefficient (Wildman–Crippen LogP) is 2.08. The summed E-state index contributed by atoms with van der Waals surface area (Å²) in [6, 6.07) is 9.66. The normalized spacial score (nSPS) is 13.8. The summed E-state index contributed by atoms with van der Waals surface area (Å²) in [7, 11) is 0. The first-order chi connectivity index (χ1) is 23.1. The van der Waals surface area contributed by atoms with E-state index in [1.165, 1.54) is 24.3 Å². The van der Waals surface area contributed by atoms with E-state index < -0.39 is 78.8 Å². The third-order valence-corrected chi connectivity index (χ3v) is 7.42. The fourth-order valence-corrected chi connectivity index (χ4v) is 4.52. The molecule has 7 N–H and O–H groups in total. The highest BCUT2D eigenvalue weighted by atomic mass is 19.3. The molecule has 2 aromatic rings. The van der Waals surface area contributed by atoms with Crippen LogP contribution in [-0.4, -0.2) is 83.2 Å². The monoisotopic (exact) mass is 692 g/mol. The van der Waals surface area contributed by atoms with E-state index in [1.807, 2.05) is 6.92 Å². The maximum Gasteiger partial charge on any atom is 0.351 e. The zero-order valence-corrected chi connectivity index (χ0v) is 27.8. The first kappa shape index (κ1) is 40.5. The number of aliphatic carboxylic acids is 1. The number of esters is 1. The number of benzene rings is 2. The molecule has 0 saturated carbocycles. The summed E-state index contributed by atoms with van der Waals surface area (Å²) in [5.74, 6) is -9.98. The highest BCUT2D eigenvalue weighted by molar-refractivity contribution is 5.90. The first-order valence-electron chi connectivity index (χ1n) is 16.0. The lowest BCUT2D eigenvalue weighted by Gasteiger charge is -2.32. The molecule has 0 saturated heterocycles. The fraction of sp³-hybridized carbons (Fsp3) is 0.500. The Morgan fingerprint density at radius 1 is 0.939 bits per heavy atom. The summed E-state index contributed by atoms with van der Waals surface area (Å²) in [6.45, 7) is 4.51. The van der Waals surface area contributed by atoms with Crippen molar-refractivity contribution >= 4 is 29.7 Å². The molecule has 0 aromatic heterocycles. The van der Waals surface area contributed by atoms with Gasteiger partial charge in [0, 0.05) is 13.0 Å². The summed E-state index contributed by atoms with van der Waals surface area (Å²) < 4.78 is 41.1. The molecule has 0 spiro atoms. The lowest BCUT2D eigenvalue weighted by atomic mass is 9.95. The molecule has 2 rings (SSSR count). The minimum atomic E-state index is -4.37. The number of hydrogen-bond donors (Lipinski definition) is 6. The Bertz CT molecular complexity index is 1380. The predicted molar refractivity (Wildman–Crippen MR) is 174 cm³/mol. The maximum absolute atomic E-state index is 15.5. The summed E-state index contributed by atoms with van der Waals surface area (Å²) in [6.07, 6.45) is -1.80. The van der Waals surface area contributed by atoms with Crippen molar-refractivity contribution in [3.05, 3.63) is 65.7 Å². The van der Waals surface area contributed by atoms with Crippen LogP contribution in [0.3, 0.4) is 0 Å². The lowest BCUT2D eigenvalue weighted by Crippen LogP contribution is -2.61. The van der Waals surface area contributed by atoms with Crippen LogP contribution >= 0.6 is 0 Å². The average Bonchev–Trinajstić information content (AvgIpc) is 3.07. The number of alkyl halides is 2. The molecule has 2 unspecified atom stereocenters. The average molecular weight is 693 g/mol. The quantitative estimate of drug-likeness (QED) is 0.0830. The van der Waals surface area contributed by atoms with Gasteiger partial charge in [0.2, 0.25) is 11.8 Å². The van der Waals surface area contributed by atoms with Gasteiger partial charge in [0.05, 0.1) is 18.7 Å². The Balaban J connectivity index is 2.22. The van der Waals surface area contributed by atoms with Crippen molar-refractivity contribution < 1.29 is 52.4 Å². The molecule has 15 heteroatoms. The number of carbonyl (C=O) groups is 5. The van der Waals surface area contributed by atoms with Gasteiger partial charge in [0.25, 0.3) is 5.91 Å². The van der Waals surface area contributed by atoms with Crippen LogP contribution in [-0.2, 0) is 41.7 Å². The van der Waals surface area contributed by atoms with Crippen LogP contribution in [0.25, 0.3) is 0 Å². The number of unbranched alkanes of at least 4 members (excludes halogenated alkanes) is 1. The van der Waals surface area contributed by atoms with Gasteiger partial charge in [-0.25, -0.2) is 4.79 Å². The third kappa shape index (κ3) is 13.8. The maximum atomic E-state index is 15.5. The van der Waals surface area contributed by atoms with Gasteiger partial charge in [-0.05, 0) is 48.4 Å². The van der Waals surface area contributed by atoms with Crippen molar-refractivity contribution in [3.63, 3.8) is 0 Å². The number of carboxylic acid groups (broad SMARTS) is 1. The zero-order chi connectivity index (χ0) is 36.6. The van der Waals surface area contributed by atoms with Gasteiger partial charge in [-0.2, -0.15) is 8.78 Å². The second-order valence-corrected chi connectivity index (χ2v) is 11.8. The molecule has 3 amide bonds. The topological polar surface area (TPSA) is 206 Å². The Morgan fingerprint density at radius 2 is 1.59 bits per heavy atom. The smallest absolute Gasteiger partial charge is 0.351 e. The number of aliphatic hydroxyl groups is 1. The van der Waals surface area contributed by atoms with Crippen molar-refractivity contribution in [1.29, 1.82) is 0 Å². The summed E-state index contributed by atoms with van der Waals surface area (Å²) in [4.78, 5) is 61.7. The Morgan fingerprint density at radius 3 is 2.18 bits per heavy atom. The van der Waals surface area contributed by atoms with Crippen molar-refractivity contribution in [3.8, 4) is 5.75 Å². The van der Waals surface area contributed by atoms with Crippen LogP contribution in [0.2, 0.25) is 0 Å². The number of aliphatic hydroxyl groups excluding tert-OH is 1. The number of ether oxygens (including phenoxy) is 2. The molecule has 4 atom stereocenters. The van der Waals surface area contributed by atoms with E-state index in [2.05, 4.69) is 16.0 Å². The van der Waals surface area contributed by atoms with Crippen molar-refractivity contribution in [2.45, 2.75) is 89.6 Å². The zero-order valence-electron chi connectivity index (χ0n) is 27.8. The van der Waals surface area contributed by atoms with E-state index in [9.17, 15) is 29.1 Å². The van der Waals surface area contributed by atoms with Crippen LogP contribution in [0.1, 0.15) is 57.6 Å². The van der Waals surface area contributed by atoms with E-state index >= 15 is 8.78 Å². The summed E-state index contributed by atoms with van der Waals surface area (Å²) in [5, 5.41) is 26.7. The van der Waals surface area contributed by atoms with E-state index in [0.29, 0.717) is 17.5 Å². The molecule has 13 nitrogen and oxygen atoms in total. The molecule has 0 aliphatic rings. The minimum absolute atomic E-state index is 0.0684. The number of rotatable bonds is 21. The molecular weight excluding hydrogens is 646 g/mol. The van der Waals surface area contributed by atoms with Gasteiger partial charge in [-0.15, -0.1) is 0 Å². The number of hydrogen-bond acceptors (Lipinski definition) is 9. The van der Waals surface area contributed by atoms with Gasteiger partial charge >= 0.3 is 17.9 Å². The van der Waals surface area contributed by atoms with E-state index in [4.69, 9.17) is 20.3 Å². The van der Waals surface area contributed by atoms with Crippen LogP contribution in [0.5, 0.6) is 5.75 Å². The molecule has 2 aromatic carbocycles. The summed E-state index contributed by atoms with van der Waals surface area (Å²) in [5.41, 5.74) is 6.82. The number of carboxylic acids is 1. The number of carbonyl (C=O) groups excluding carboxylic acids is 4. The Kier molecular flexibility index (Phi) is 16.6. The molecule has 0 fully saturated rings. The highest BCUT2D eigenvalue weighted by Crippen LogP contribution is 2.25. The van der Waals surface area contributed by atoms with Crippen LogP contribution in [0, 0.1) is 5.92 Å². The number of nitrogens with one attached hydrogen (secondary N) is 3. The van der Waals surface area contributed by atoms with Crippen LogP contribution in [0.4, 0.5) is 8.78 Å². The Hall–Kier alpha value is -4.63. The fourth-order valence-electron chi connectivity index (χ4n) is 4.52. The molecule has 0 aliphatic heterocycles. The van der Waals surface area contributed by atoms with Crippen LogP contribution < -0.4 is 26.4 Å². The molecule has 0 bridgehead atoms. The molecular formula is C34H46F2N4O9. The van der Waals surface area contributed by atoms with Crippen molar-refractivity contribution in [2.24, 2.45) is 11.7 Å². The molecule has 0 radical (unpaired) electrons. The largest absolute Gasteiger partial charge is 0.482 e. The van der Waals surface area contributed by atoms with Gasteiger partial charge < -0.3 is 41.4 Å². The highest BCUT2D eigenvalue weighted by Gasteiger charge is 2.50. The second kappa shape index (κ2) is 20.0. The summed E-state index contributed by atoms with van der Waals surface area (Å²) >= 11 is 0. The van der Waals surface area contributed by atoms with Gasteiger partial charge in [-0.1, -0.05) is 69.7 Å². The molecule has 0 heterocycles.